The molecular weight excluding hydrogens is 268 g/mol. The summed E-state index contributed by atoms with van der Waals surface area (Å²) < 4.78 is 11.1. The van der Waals surface area contributed by atoms with Crippen molar-refractivity contribution in [3.8, 4) is 0 Å². The van der Waals surface area contributed by atoms with Gasteiger partial charge in [-0.05, 0) is 6.07 Å². The normalized spacial score (nSPS) is 16.0. The van der Waals surface area contributed by atoms with Crippen LogP contribution < -0.4 is 5.73 Å². The van der Waals surface area contributed by atoms with Gasteiger partial charge in [-0.15, -0.1) is 11.3 Å². The lowest BCUT2D eigenvalue weighted by atomic mass is 10.3. The molecule has 18 heavy (non-hydrogen) atoms. The second-order valence-electron chi connectivity index (χ2n) is 4.09. The zero-order valence-electron chi connectivity index (χ0n) is 10.8. The molecule has 6 heteroatoms. The van der Waals surface area contributed by atoms with Crippen molar-refractivity contribution in [2.24, 2.45) is 0 Å². The average molecular weight is 288 g/mol. The van der Waals surface area contributed by atoms with Crippen molar-refractivity contribution in [3.05, 3.63) is 17.0 Å². The summed E-state index contributed by atoms with van der Waals surface area (Å²) in [6, 6.07) is 1.69. The summed E-state index contributed by atoms with van der Waals surface area (Å²) in [6.45, 7) is 5.42. The summed E-state index contributed by atoms with van der Waals surface area (Å²) >= 11 is 1.37. The van der Waals surface area contributed by atoms with Crippen LogP contribution in [0.2, 0.25) is 0 Å². The third-order valence-corrected chi connectivity index (χ3v) is 4.37. The van der Waals surface area contributed by atoms with Crippen LogP contribution in [0.5, 0.6) is 0 Å². The van der Waals surface area contributed by atoms with Crippen LogP contribution in [0.3, 0.4) is 0 Å². The number of nitrogen functional groups attached to an aromatic ring is 1. The summed E-state index contributed by atoms with van der Waals surface area (Å²) in [7, 11) is -0.745. The Labute approximate surface area is 115 Å². The third-order valence-electron chi connectivity index (χ3n) is 2.33. The van der Waals surface area contributed by atoms with Gasteiger partial charge in [0.15, 0.2) is 0 Å². The van der Waals surface area contributed by atoms with Gasteiger partial charge in [0, 0.05) is 40.8 Å². The van der Waals surface area contributed by atoms with Crippen LogP contribution in [-0.4, -0.2) is 39.6 Å². The molecule has 2 heterocycles. The third kappa shape index (κ3) is 4.42. The first-order chi connectivity index (χ1) is 8.58. The van der Waals surface area contributed by atoms with E-state index < -0.39 is 10.8 Å². The van der Waals surface area contributed by atoms with E-state index >= 15 is 0 Å². The van der Waals surface area contributed by atoms with Gasteiger partial charge in [-0.3, -0.25) is 9.00 Å². The Kier molecular flexibility index (Phi) is 6.35. The van der Waals surface area contributed by atoms with E-state index in [-0.39, 0.29) is 5.91 Å². The van der Waals surface area contributed by atoms with E-state index in [1.54, 1.807) is 16.3 Å². The van der Waals surface area contributed by atoms with Crippen molar-refractivity contribution >= 4 is 33.0 Å². The molecule has 1 amide bonds. The van der Waals surface area contributed by atoms with Crippen molar-refractivity contribution in [3.63, 3.8) is 0 Å². The Morgan fingerprint density at radius 1 is 1.44 bits per heavy atom. The van der Waals surface area contributed by atoms with E-state index in [1.807, 2.05) is 0 Å². The van der Waals surface area contributed by atoms with Crippen LogP contribution >= 0.6 is 11.3 Å². The predicted octanol–water partition coefficient (Wildman–Crippen LogP) is 1.95. The van der Waals surface area contributed by atoms with E-state index in [2.05, 4.69) is 13.8 Å². The summed E-state index contributed by atoms with van der Waals surface area (Å²) in [4.78, 5) is 13.6. The van der Waals surface area contributed by atoms with Gasteiger partial charge in [-0.1, -0.05) is 20.3 Å². The Hall–Kier alpha value is -0.880. The van der Waals surface area contributed by atoms with Gasteiger partial charge < -0.3 is 10.6 Å². The zero-order chi connectivity index (χ0) is 13.5. The molecule has 4 nitrogen and oxygen atoms in total. The van der Waals surface area contributed by atoms with E-state index in [9.17, 15) is 9.00 Å². The first-order valence-electron chi connectivity index (χ1n) is 6.06. The second kappa shape index (κ2) is 7.53. The van der Waals surface area contributed by atoms with E-state index in [0.717, 1.165) is 0 Å². The fourth-order valence-electron chi connectivity index (χ4n) is 1.49. The molecule has 0 spiro atoms. The summed E-state index contributed by atoms with van der Waals surface area (Å²) in [5.41, 5.74) is 6.21. The monoisotopic (exact) mass is 288 g/mol. The minimum atomic E-state index is -0.745. The lowest BCUT2D eigenvalue weighted by Crippen LogP contribution is -2.41. The molecule has 0 bridgehead atoms. The average Bonchev–Trinajstić information content (AvgIpc) is 2.77. The molecule has 1 aromatic rings. The summed E-state index contributed by atoms with van der Waals surface area (Å²) in [5.74, 6) is 1.18. The van der Waals surface area contributed by atoms with Gasteiger partial charge in [-0.2, -0.15) is 0 Å². The maximum Gasteiger partial charge on any atom is 0.254 e. The van der Waals surface area contributed by atoms with Crippen LogP contribution in [0.4, 0.5) is 5.00 Å². The smallest absolute Gasteiger partial charge is 0.254 e. The first-order valence-corrected chi connectivity index (χ1v) is 8.43. The first kappa shape index (κ1) is 15.2. The maximum atomic E-state index is 11.9. The number of anilines is 1. The van der Waals surface area contributed by atoms with Crippen LogP contribution in [0.1, 0.15) is 30.6 Å². The highest BCUT2D eigenvalue weighted by Gasteiger charge is 2.21. The van der Waals surface area contributed by atoms with Crippen molar-refractivity contribution in [1.82, 2.24) is 4.90 Å². The number of thiophene rings is 1. The molecular formula is C12H20N2O2S2. The van der Waals surface area contributed by atoms with Crippen molar-refractivity contribution in [2.75, 3.05) is 30.3 Å². The van der Waals surface area contributed by atoms with E-state index in [0.29, 0.717) is 35.2 Å². The number of amides is 1. The highest BCUT2D eigenvalue weighted by atomic mass is 32.2. The molecule has 2 N–H and O–H groups in total. The number of hydrogen-bond acceptors (Lipinski definition) is 4. The number of nitrogens with two attached hydrogens (primary N) is 1. The predicted molar refractivity (Wildman–Crippen MR) is 78.5 cm³/mol. The Bertz CT molecular complexity index is 408. The molecule has 1 saturated heterocycles. The molecule has 0 aliphatic carbocycles. The lowest BCUT2D eigenvalue weighted by Gasteiger charge is -2.25. The molecule has 1 fully saturated rings. The number of rotatable bonds is 1. The zero-order valence-corrected chi connectivity index (χ0v) is 12.5. The standard InChI is InChI=1S/C9H12N2O2S2.C3H8/c10-8-5-7(6-14-8)9(12)11-1-3-15(13)4-2-11;1-3-2/h5-6H,1-4,10H2;3H2,1-2H3. The second-order valence-corrected chi connectivity index (χ2v) is 6.72. The molecule has 1 aliphatic heterocycles. The molecule has 0 aromatic carbocycles. The fraction of sp³-hybridized carbons (Fsp3) is 0.583. The number of nitrogens with zero attached hydrogens (tertiary/aromatic N) is 1. The van der Waals surface area contributed by atoms with E-state index in [1.165, 1.54) is 17.8 Å². The minimum Gasteiger partial charge on any atom is -0.391 e. The SMILES string of the molecule is CCC.Nc1cc(C(=O)N2CCS(=O)CC2)cs1. The van der Waals surface area contributed by atoms with Crippen molar-refractivity contribution in [1.29, 1.82) is 0 Å². The molecule has 0 radical (unpaired) electrons. The number of carbonyl (C=O) groups excluding carboxylic acids is 1. The maximum absolute atomic E-state index is 11.9. The van der Waals surface area contributed by atoms with Gasteiger partial charge in [0.2, 0.25) is 0 Å². The summed E-state index contributed by atoms with van der Waals surface area (Å²) in [5, 5.41) is 2.42. The highest BCUT2D eigenvalue weighted by molar-refractivity contribution is 7.85. The van der Waals surface area contributed by atoms with Gasteiger partial charge >= 0.3 is 0 Å². The molecule has 0 unspecified atom stereocenters. The van der Waals surface area contributed by atoms with Crippen LogP contribution in [0.15, 0.2) is 11.4 Å². The Morgan fingerprint density at radius 3 is 2.44 bits per heavy atom. The van der Waals surface area contributed by atoms with Gasteiger partial charge in [0.1, 0.15) is 0 Å². The summed E-state index contributed by atoms with van der Waals surface area (Å²) in [6.07, 6.45) is 1.25. The number of carbonyl (C=O) groups is 1. The minimum absolute atomic E-state index is 0.000324. The largest absolute Gasteiger partial charge is 0.391 e. The Balaban J connectivity index is 0.000000492. The van der Waals surface area contributed by atoms with Gasteiger partial charge in [0.05, 0.1) is 10.6 Å². The molecule has 2 rings (SSSR count). The molecule has 102 valence electrons. The van der Waals surface area contributed by atoms with Gasteiger partial charge in [0.25, 0.3) is 5.91 Å². The van der Waals surface area contributed by atoms with Crippen molar-refractivity contribution in [2.45, 2.75) is 20.3 Å². The Morgan fingerprint density at radius 2 is 2.00 bits per heavy atom. The van der Waals surface area contributed by atoms with Crippen molar-refractivity contribution < 1.29 is 9.00 Å². The quantitative estimate of drug-likeness (QED) is 0.859. The van der Waals surface area contributed by atoms with Gasteiger partial charge in [-0.25, -0.2) is 0 Å². The molecule has 0 saturated carbocycles. The van der Waals surface area contributed by atoms with Crippen LogP contribution in [0.25, 0.3) is 0 Å². The molecule has 0 atom stereocenters. The van der Waals surface area contributed by atoms with E-state index in [4.69, 9.17) is 5.73 Å². The van der Waals surface area contributed by atoms with Crippen LogP contribution in [0, 0.1) is 0 Å². The highest BCUT2D eigenvalue weighted by Crippen LogP contribution is 2.18. The topological polar surface area (TPSA) is 63.4 Å². The fourth-order valence-corrected chi connectivity index (χ4v) is 3.17. The number of hydrogen-bond donors (Lipinski definition) is 1. The lowest BCUT2D eigenvalue weighted by molar-refractivity contribution is 0.0772. The van der Waals surface area contributed by atoms with Crippen LogP contribution in [-0.2, 0) is 10.8 Å². The molecule has 1 aromatic heterocycles. The molecule has 1 aliphatic rings.